The molecule has 1 heterocycles. The molecule has 2 nitrogen and oxygen atoms in total. The number of rotatable bonds is 2. The van der Waals surface area contributed by atoms with E-state index in [-0.39, 0.29) is 5.82 Å². The Kier molecular flexibility index (Phi) is 2.13. The summed E-state index contributed by atoms with van der Waals surface area (Å²) in [5.74, 6) is -0.0812. The summed E-state index contributed by atoms with van der Waals surface area (Å²) in [6, 6.07) is 6.33. The summed E-state index contributed by atoms with van der Waals surface area (Å²) < 4.78 is 13.5. The minimum atomic E-state index is -0.0812. The number of benzene rings is 1. The van der Waals surface area contributed by atoms with Gasteiger partial charge in [-0.15, -0.1) is 0 Å². The van der Waals surface area contributed by atoms with Gasteiger partial charge in [-0.05, 0) is 31.4 Å². The maximum Gasteiger partial charge on any atom is 0.128 e. The maximum absolute atomic E-state index is 13.5. The molecule has 80 valence electrons. The van der Waals surface area contributed by atoms with Gasteiger partial charge in [0.15, 0.2) is 0 Å². The maximum atomic E-state index is 13.5. The first kappa shape index (κ1) is 9.16. The van der Waals surface area contributed by atoms with E-state index in [9.17, 15) is 4.39 Å². The first-order valence-corrected chi connectivity index (χ1v) is 5.60. The molecule has 15 heavy (non-hydrogen) atoms. The van der Waals surface area contributed by atoms with Crippen LogP contribution in [0.15, 0.2) is 18.2 Å². The predicted octanol–water partition coefficient (Wildman–Crippen LogP) is 1.91. The van der Waals surface area contributed by atoms with Crippen LogP contribution in [-0.2, 0) is 6.42 Å². The second-order valence-electron chi connectivity index (χ2n) is 4.49. The summed E-state index contributed by atoms with van der Waals surface area (Å²) >= 11 is 0. The number of anilines is 1. The van der Waals surface area contributed by atoms with E-state index in [4.69, 9.17) is 0 Å². The molecule has 0 aromatic heterocycles. The average Bonchev–Trinajstić information content (AvgIpc) is 3.03. The lowest BCUT2D eigenvalue weighted by atomic mass is 9.99. The molecule has 1 aromatic carbocycles. The highest BCUT2D eigenvalue weighted by Crippen LogP contribution is 2.26. The van der Waals surface area contributed by atoms with Gasteiger partial charge in [-0.1, -0.05) is 6.07 Å². The average molecular weight is 206 g/mol. The van der Waals surface area contributed by atoms with Gasteiger partial charge in [-0.25, -0.2) is 4.39 Å². The van der Waals surface area contributed by atoms with Gasteiger partial charge in [-0.3, -0.25) is 0 Å². The van der Waals surface area contributed by atoms with E-state index >= 15 is 0 Å². The van der Waals surface area contributed by atoms with Crippen LogP contribution in [0.1, 0.15) is 18.4 Å². The van der Waals surface area contributed by atoms with Crippen molar-refractivity contribution >= 4 is 5.69 Å². The first-order valence-electron chi connectivity index (χ1n) is 5.60. The molecule has 1 saturated carbocycles. The van der Waals surface area contributed by atoms with E-state index in [1.165, 1.54) is 12.8 Å². The summed E-state index contributed by atoms with van der Waals surface area (Å²) in [5, 5.41) is 6.82. The molecule has 0 spiro atoms. The molecule has 1 aliphatic carbocycles. The molecule has 2 N–H and O–H groups in total. The molecule has 3 rings (SSSR count). The van der Waals surface area contributed by atoms with Crippen LogP contribution < -0.4 is 10.6 Å². The van der Waals surface area contributed by atoms with E-state index in [2.05, 4.69) is 10.6 Å². The SMILES string of the molecule is Fc1cccc2c1CC(NC1CC1)CN2. The lowest BCUT2D eigenvalue weighted by molar-refractivity contribution is 0.498. The zero-order chi connectivity index (χ0) is 10.3. The Morgan fingerprint density at radius 3 is 2.93 bits per heavy atom. The molecule has 0 radical (unpaired) electrons. The third-order valence-electron chi connectivity index (χ3n) is 3.16. The molecular weight excluding hydrogens is 191 g/mol. The van der Waals surface area contributed by atoms with E-state index in [1.807, 2.05) is 6.07 Å². The molecule has 1 fully saturated rings. The van der Waals surface area contributed by atoms with Crippen molar-refractivity contribution in [3.63, 3.8) is 0 Å². The lowest BCUT2D eigenvalue weighted by Crippen LogP contribution is -2.41. The number of hydrogen-bond donors (Lipinski definition) is 2. The van der Waals surface area contributed by atoms with Crippen LogP contribution in [0.4, 0.5) is 10.1 Å². The molecule has 0 bridgehead atoms. The van der Waals surface area contributed by atoms with Crippen molar-refractivity contribution < 1.29 is 4.39 Å². The normalized spacial score (nSPS) is 24.5. The van der Waals surface area contributed by atoms with Gasteiger partial charge < -0.3 is 10.6 Å². The highest BCUT2D eigenvalue weighted by Gasteiger charge is 2.27. The fourth-order valence-corrected chi connectivity index (χ4v) is 2.18. The first-order chi connectivity index (χ1) is 7.33. The second-order valence-corrected chi connectivity index (χ2v) is 4.49. The standard InChI is InChI=1S/C12H15FN2/c13-11-2-1-3-12-10(11)6-9(7-14-12)15-8-4-5-8/h1-3,8-9,14-15H,4-7H2. The predicted molar refractivity (Wildman–Crippen MR) is 58.5 cm³/mol. The van der Waals surface area contributed by atoms with Crippen molar-refractivity contribution in [1.29, 1.82) is 0 Å². The van der Waals surface area contributed by atoms with Crippen LogP contribution in [-0.4, -0.2) is 18.6 Å². The molecular formula is C12H15FN2. The Bertz CT molecular complexity index is 374. The highest BCUT2D eigenvalue weighted by molar-refractivity contribution is 5.54. The van der Waals surface area contributed by atoms with Crippen LogP contribution in [0.2, 0.25) is 0 Å². The van der Waals surface area contributed by atoms with E-state index in [1.54, 1.807) is 12.1 Å². The van der Waals surface area contributed by atoms with Gasteiger partial charge in [-0.2, -0.15) is 0 Å². The number of nitrogens with one attached hydrogen (secondary N) is 2. The molecule has 1 aromatic rings. The number of hydrogen-bond acceptors (Lipinski definition) is 2. The summed E-state index contributed by atoms with van der Waals surface area (Å²) in [5.41, 5.74) is 1.80. The van der Waals surface area contributed by atoms with Crippen molar-refractivity contribution in [3.05, 3.63) is 29.6 Å². The third kappa shape index (κ3) is 1.84. The minimum Gasteiger partial charge on any atom is -0.383 e. The molecule has 2 aliphatic rings. The summed E-state index contributed by atoms with van der Waals surface area (Å²) in [7, 11) is 0. The van der Waals surface area contributed by atoms with E-state index in [0.717, 1.165) is 24.2 Å². The topological polar surface area (TPSA) is 24.1 Å². The van der Waals surface area contributed by atoms with Gasteiger partial charge in [0.1, 0.15) is 5.82 Å². The van der Waals surface area contributed by atoms with E-state index < -0.39 is 0 Å². The van der Waals surface area contributed by atoms with Gasteiger partial charge in [0.25, 0.3) is 0 Å². The molecule has 1 aliphatic heterocycles. The summed E-state index contributed by atoms with van der Waals surface area (Å²) in [6.45, 7) is 0.910. The Hall–Kier alpha value is -1.09. The van der Waals surface area contributed by atoms with Crippen molar-refractivity contribution in [2.45, 2.75) is 31.3 Å². The quantitative estimate of drug-likeness (QED) is 0.772. The Labute approximate surface area is 88.9 Å². The zero-order valence-electron chi connectivity index (χ0n) is 8.59. The van der Waals surface area contributed by atoms with Gasteiger partial charge in [0, 0.05) is 29.9 Å². The zero-order valence-corrected chi connectivity index (χ0v) is 8.59. The van der Waals surface area contributed by atoms with E-state index in [0.29, 0.717) is 12.1 Å². The molecule has 3 heteroatoms. The summed E-state index contributed by atoms with van der Waals surface area (Å²) in [4.78, 5) is 0. The highest BCUT2D eigenvalue weighted by atomic mass is 19.1. The molecule has 0 saturated heterocycles. The molecule has 0 amide bonds. The van der Waals surface area contributed by atoms with Crippen molar-refractivity contribution in [2.24, 2.45) is 0 Å². The smallest absolute Gasteiger partial charge is 0.128 e. The fraction of sp³-hybridized carbons (Fsp3) is 0.500. The number of fused-ring (bicyclic) bond motifs is 1. The Balaban J connectivity index is 1.78. The van der Waals surface area contributed by atoms with Gasteiger partial charge in [0.2, 0.25) is 0 Å². The monoisotopic (exact) mass is 206 g/mol. The number of halogens is 1. The van der Waals surface area contributed by atoms with Crippen molar-refractivity contribution in [1.82, 2.24) is 5.32 Å². The Morgan fingerprint density at radius 2 is 2.13 bits per heavy atom. The minimum absolute atomic E-state index is 0.0812. The van der Waals surface area contributed by atoms with Crippen LogP contribution in [0.5, 0.6) is 0 Å². The van der Waals surface area contributed by atoms with Crippen molar-refractivity contribution in [2.75, 3.05) is 11.9 Å². The van der Waals surface area contributed by atoms with Crippen molar-refractivity contribution in [3.8, 4) is 0 Å². The van der Waals surface area contributed by atoms with Crippen LogP contribution in [0, 0.1) is 5.82 Å². The Morgan fingerprint density at radius 1 is 1.27 bits per heavy atom. The van der Waals surface area contributed by atoms with Gasteiger partial charge in [0.05, 0.1) is 0 Å². The summed E-state index contributed by atoms with van der Waals surface area (Å²) in [6.07, 6.45) is 3.37. The molecule has 1 unspecified atom stereocenters. The second kappa shape index (κ2) is 3.49. The van der Waals surface area contributed by atoms with Crippen LogP contribution in [0.25, 0.3) is 0 Å². The van der Waals surface area contributed by atoms with Crippen LogP contribution in [0.3, 0.4) is 0 Å². The van der Waals surface area contributed by atoms with Crippen LogP contribution >= 0.6 is 0 Å². The van der Waals surface area contributed by atoms with Gasteiger partial charge >= 0.3 is 0 Å². The third-order valence-corrected chi connectivity index (χ3v) is 3.16. The lowest BCUT2D eigenvalue weighted by Gasteiger charge is -2.27. The largest absolute Gasteiger partial charge is 0.383 e. The molecule has 1 atom stereocenters. The fourth-order valence-electron chi connectivity index (χ4n) is 2.18.